The molecule has 0 aliphatic heterocycles. The van der Waals surface area contributed by atoms with Crippen LogP contribution in [0.25, 0.3) is 33.4 Å². The number of anilines is 1. The van der Waals surface area contributed by atoms with Crippen LogP contribution < -0.4 is 10.1 Å². The number of ether oxygens (including phenoxy) is 1. The molecule has 0 atom stereocenters. The van der Waals surface area contributed by atoms with Gasteiger partial charge in [-0.2, -0.15) is 0 Å². The van der Waals surface area contributed by atoms with E-state index in [2.05, 4.69) is 10.3 Å². The summed E-state index contributed by atoms with van der Waals surface area (Å²) in [6.07, 6.45) is 0.0868. The number of aromatic nitrogens is 1. The summed E-state index contributed by atoms with van der Waals surface area (Å²) >= 11 is 0. The second-order valence-corrected chi connectivity index (χ2v) is 7.26. The van der Waals surface area contributed by atoms with Gasteiger partial charge in [-0.1, -0.05) is 36.4 Å². The van der Waals surface area contributed by atoms with Gasteiger partial charge in [0.1, 0.15) is 22.7 Å². The van der Waals surface area contributed by atoms with Crippen molar-refractivity contribution in [2.24, 2.45) is 0 Å². The number of fused-ring (bicyclic) bond motifs is 3. The molecule has 0 fully saturated rings. The monoisotopic (exact) mass is 412 g/mol. The van der Waals surface area contributed by atoms with E-state index in [1.165, 1.54) is 0 Å². The second kappa shape index (κ2) is 7.65. The summed E-state index contributed by atoms with van der Waals surface area (Å²) in [6, 6.07) is 21.1. The molecule has 0 bridgehead atoms. The summed E-state index contributed by atoms with van der Waals surface area (Å²) in [4.78, 5) is 17.3. The number of benzene rings is 3. The van der Waals surface area contributed by atoms with Gasteiger partial charge in [-0.15, -0.1) is 0 Å². The number of hydrogen-bond donors (Lipinski definition) is 1. The maximum atomic E-state index is 12.8. The Morgan fingerprint density at radius 2 is 1.74 bits per heavy atom. The molecule has 5 rings (SSSR count). The summed E-state index contributed by atoms with van der Waals surface area (Å²) in [5.41, 5.74) is 3.48. The Morgan fingerprint density at radius 3 is 2.55 bits per heavy atom. The largest absolute Gasteiger partial charge is 0.495 e. The van der Waals surface area contributed by atoms with Crippen molar-refractivity contribution in [2.45, 2.75) is 13.3 Å². The lowest BCUT2D eigenvalue weighted by molar-refractivity contribution is -0.115. The van der Waals surface area contributed by atoms with Gasteiger partial charge in [0.25, 0.3) is 0 Å². The van der Waals surface area contributed by atoms with Crippen LogP contribution in [-0.2, 0) is 11.2 Å². The zero-order valence-corrected chi connectivity index (χ0v) is 17.1. The molecule has 2 heterocycles. The van der Waals surface area contributed by atoms with E-state index in [-0.39, 0.29) is 12.3 Å². The quantitative estimate of drug-likeness (QED) is 0.398. The Bertz CT molecular complexity index is 1400. The molecule has 1 amide bonds. The first-order valence-electron chi connectivity index (χ1n) is 9.93. The Kier molecular flexibility index (Phi) is 4.67. The van der Waals surface area contributed by atoms with Crippen LogP contribution in [0.15, 0.2) is 75.6 Å². The lowest BCUT2D eigenvalue weighted by Gasteiger charge is -2.10. The lowest BCUT2D eigenvalue weighted by Crippen LogP contribution is -2.15. The van der Waals surface area contributed by atoms with E-state index < -0.39 is 0 Å². The minimum Gasteiger partial charge on any atom is -0.495 e. The first-order chi connectivity index (χ1) is 15.1. The first kappa shape index (κ1) is 18.9. The van der Waals surface area contributed by atoms with E-state index in [0.29, 0.717) is 34.4 Å². The van der Waals surface area contributed by atoms with E-state index in [4.69, 9.17) is 13.6 Å². The van der Waals surface area contributed by atoms with Crippen molar-refractivity contribution in [1.29, 1.82) is 0 Å². The summed E-state index contributed by atoms with van der Waals surface area (Å²) in [5.74, 6) is 1.47. The molecule has 0 saturated heterocycles. The van der Waals surface area contributed by atoms with Crippen molar-refractivity contribution in [2.75, 3.05) is 12.4 Å². The van der Waals surface area contributed by atoms with Crippen LogP contribution >= 0.6 is 0 Å². The zero-order valence-electron chi connectivity index (χ0n) is 17.1. The van der Waals surface area contributed by atoms with Crippen molar-refractivity contribution >= 4 is 33.5 Å². The number of aryl methyl sites for hydroxylation is 1. The van der Waals surface area contributed by atoms with Crippen molar-refractivity contribution in [3.05, 3.63) is 78.2 Å². The Balaban J connectivity index is 1.41. The molecule has 1 N–H and O–H groups in total. The minimum atomic E-state index is -0.218. The second-order valence-electron chi connectivity index (χ2n) is 7.26. The van der Waals surface area contributed by atoms with Gasteiger partial charge in [-0.3, -0.25) is 4.79 Å². The molecule has 0 aliphatic rings. The fraction of sp³-hybridized carbons (Fsp3) is 0.120. The number of amides is 1. The molecule has 2 aromatic heterocycles. The zero-order chi connectivity index (χ0) is 21.4. The first-order valence-corrected chi connectivity index (χ1v) is 9.93. The van der Waals surface area contributed by atoms with Gasteiger partial charge in [0.05, 0.1) is 24.9 Å². The number of rotatable bonds is 5. The number of carbonyl (C=O) groups excluding carboxylic acids is 1. The van der Waals surface area contributed by atoms with E-state index in [1.807, 2.05) is 67.6 Å². The summed E-state index contributed by atoms with van der Waals surface area (Å²) in [7, 11) is 1.58. The highest BCUT2D eigenvalue weighted by atomic mass is 16.5. The SMILES string of the molecule is COc1cc2c(cc1NC(=O)Cc1nc(-c3ccccc3)oc1C)oc1ccccc12. The Hall–Kier alpha value is -4.06. The number of carbonyl (C=O) groups is 1. The average molecular weight is 412 g/mol. The number of hydrogen-bond acceptors (Lipinski definition) is 5. The third-order valence-electron chi connectivity index (χ3n) is 5.21. The molecule has 0 radical (unpaired) electrons. The van der Waals surface area contributed by atoms with Crippen molar-refractivity contribution in [1.82, 2.24) is 4.98 Å². The van der Waals surface area contributed by atoms with E-state index in [0.717, 1.165) is 21.9 Å². The van der Waals surface area contributed by atoms with Gasteiger partial charge in [-0.05, 0) is 31.2 Å². The van der Waals surface area contributed by atoms with Crippen molar-refractivity contribution in [3.8, 4) is 17.2 Å². The topological polar surface area (TPSA) is 77.5 Å². The van der Waals surface area contributed by atoms with Crippen LogP contribution in [0.3, 0.4) is 0 Å². The van der Waals surface area contributed by atoms with E-state index >= 15 is 0 Å². The van der Waals surface area contributed by atoms with Crippen LogP contribution in [0.2, 0.25) is 0 Å². The molecule has 0 spiro atoms. The molecule has 0 saturated carbocycles. The van der Waals surface area contributed by atoms with Crippen LogP contribution in [0.1, 0.15) is 11.5 Å². The number of methoxy groups -OCH3 is 1. The number of furan rings is 1. The van der Waals surface area contributed by atoms with Crippen LogP contribution in [0.4, 0.5) is 5.69 Å². The number of nitrogens with zero attached hydrogens (tertiary/aromatic N) is 1. The van der Waals surface area contributed by atoms with E-state index in [9.17, 15) is 4.79 Å². The molecule has 31 heavy (non-hydrogen) atoms. The molecule has 3 aromatic carbocycles. The normalized spacial score (nSPS) is 11.2. The number of para-hydroxylation sites is 1. The summed E-state index contributed by atoms with van der Waals surface area (Å²) in [5, 5.41) is 4.85. The third kappa shape index (κ3) is 3.53. The fourth-order valence-corrected chi connectivity index (χ4v) is 3.66. The van der Waals surface area contributed by atoms with Gasteiger partial charge in [0.2, 0.25) is 11.8 Å². The fourth-order valence-electron chi connectivity index (χ4n) is 3.66. The molecule has 154 valence electrons. The third-order valence-corrected chi connectivity index (χ3v) is 5.21. The highest BCUT2D eigenvalue weighted by Crippen LogP contribution is 2.36. The van der Waals surface area contributed by atoms with Crippen molar-refractivity contribution < 1.29 is 18.4 Å². The number of oxazole rings is 1. The van der Waals surface area contributed by atoms with Gasteiger partial charge in [-0.25, -0.2) is 4.98 Å². The molecular weight excluding hydrogens is 392 g/mol. The molecule has 5 aromatic rings. The highest BCUT2D eigenvalue weighted by molar-refractivity contribution is 6.07. The van der Waals surface area contributed by atoms with Crippen molar-refractivity contribution in [3.63, 3.8) is 0 Å². The molecule has 6 nitrogen and oxygen atoms in total. The van der Waals surface area contributed by atoms with Gasteiger partial charge >= 0.3 is 0 Å². The average Bonchev–Trinajstić information content (AvgIpc) is 3.33. The van der Waals surface area contributed by atoms with Gasteiger partial charge in [0, 0.05) is 22.4 Å². The Labute approximate surface area is 178 Å². The maximum Gasteiger partial charge on any atom is 0.230 e. The predicted molar refractivity (Wildman–Crippen MR) is 119 cm³/mol. The van der Waals surface area contributed by atoms with Crippen LogP contribution in [-0.4, -0.2) is 18.0 Å². The van der Waals surface area contributed by atoms with Crippen LogP contribution in [0.5, 0.6) is 5.75 Å². The summed E-state index contributed by atoms with van der Waals surface area (Å²) in [6.45, 7) is 1.81. The lowest BCUT2D eigenvalue weighted by atomic mass is 10.1. The summed E-state index contributed by atoms with van der Waals surface area (Å²) < 4.78 is 17.2. The highest BCUT2D eigenvalue weighted by Gasteiger charge is 2.17. The van der Waals surface area contributed by atoms with Crippen LogP contribution in [0, 0.1) is 6.92 Å². The van der Waals surface area contributed by atoms with Gasteiger partial charge < -0.3 is 18.9 Å². The number of nitrogens with one attached hydrogen (secondary N) is 1. The molecule has 6 heteroatoms. The Morgan fingerprint density at radius 1 is 0.968 bits per heavy atom. The maximum absolute atomic E-state index is 12.8. The minimum absolute atomic E-state index is 0.0868. The molecule has 0 unspecified atom stereocenters. The predicted octanol–water partition coefficient (Wildman–Crippen LogP) is 5.74. The van der Waals surface area contributed by atoms with E-state index in [1.54, 1.807) is 13.2 Å². The van der Waals surface area contributed by atoms with Gasteiger partial charge in [0.15, 0.2) is 0 Å². The standard InChI is InChI=1S/C25H20N2O4/c1-15-19(27-25(30-15)16-8-4-3-5-9-16)14-24(28)26-20-13-22-18(12-23(20)29-2)17-10-6-7-11-21(17)31-22/h3-13H,14H2,1-2H3,(H,26,28). The molecule has 0 aliphatic carbocycles. The smallest absolute Gasteiger partial charge is 0.230 e. The molecular formula is C25H20N2O4.